The van der Waals surface area contributed by atoms with Crippen LogP contribution in [0.3, 0.4) is 0 Å². The molecule has 8 nitrogen and oxygen atoms in total. The Balaban J connectivity index is 2.38. The van der Waals surface area contributed by atoms with Gasteiger partial charge in [0.15, 0.2) is 6.23 Å². The van der Waals surface area contributed by atoms with Gasteiger partial charge in [-0.05, 0) is 6.07 Å². The lowest BCUT2D eigenvalue weighted by atomic mass is 9.99. The molecule has 4 unspecified atom stereocenters. The van der Waals surface area contributed by atoms with Gasteiger partial charge in [-0.3, -0.25) is 0 Å². The molecule has 2 aromatic heterocycles. The van der Waals surface area contributed by atoms with Crippen LogP contribution in [0.1, 0.15) is 13.2 Å². The fraction of sp³-hybridized carbons (Fsp3) is 0.538. The lowest BCUT2D eigenvalue weighted by Crippen LogP contribution is -2.40. The molecule has 0 saturated carbocycles. The van der Waals surface area contributed by atoms with Crippen LogP contribution in [-0.4, -0.2) is 55.8 Å². The summed E-state index contributed by atoms with van der Waals surface area (Å²) in [6.07, 6.45) is -0.259. The third-order valence-corrected chi connectivity index (χ3v) is 3.57. The monoisotopic (exact) mass is 296 g/mol. The molecule has 8 heteroatoms. The van der Waals surface area contributed by atoms with Gasteiger partial charge in [0.25, 0.3) is 0 Å². The SMILES string of the molecule is COC(C(O)C(O)C(C)CO)n1ccc2c(N)ncnc21. The number of methoxy groups -OCH3 is 1. The highest BCUT2D eigenvalue weighted by molar-refractivity contribution is 5.86. The minimum atomic E-state index is -1.23. The fourth-order valence-electron chi connectivity index (χ4n) is 2.23. The predicted octanol–water partition coefficient (Wildman–Crippen LogP) is -0.491. The van der Waals surface area contributed by atoms with Gasteiger partial charge >= 0.3 is 0 Å². The van der Waals surface area contributed by atoms with Crippen molar-refractivity contribution < 1.29 is 20.1 Å². The highest BCUT2D eigenvalue weighted by Gasteiger charge is 2.32. The van der Waals surface area contributed by atoms with E-state index in [9.17, 15) is 10.2 Å². The summed E-state index contributed by atoms with van der Waals surface area (Å²) in [5.41, 5.74) is 6.26. The van der Waals surface area contributed by atoms with E-state index in [0.717, 1.165) is 0 Å². The summed E-state index contributed by atoms with van der Waals surface area (Å²) in [5.74, 6) is -0.161. The molecule has 0 aliphatic rings. The van der Waals surface area contributed by atoms with Crippen LogP contribution >= 0.6 is 0 Å². The van der Waals surface area contributed by atoms with Crippen LogP contribution in [0, 0.1) is 5.92 Å². The summed E-state index contributed by atoms with van der Waals surface area (Å²) in [6.45, 7) is 1.39. The molecule has 2 aromatic rings. The molecule has 5 N–H and O–H groups in total. The van der Waals surface area contributed by atoms with Crippen LogP contribution in [0.4, 0.5) is 5.82 Å². The normalized spacial score (nSPS) is 17.6. The molecule has 21 heavy (non-hydrogen) atoms. The maximum Gasteiger partial charge on any atom is 0.163 e. The Bertz CT molecular complexity index is 603. The van der Waals surface area contributed by atoms with Gasteiger partial charge in [-0.25, -0.2) is 9.97 Å². The number of aromatic nitrogens is 3. The number of aliphatic hydroxyl groups is 3. The first-order valence-electron chi connectivity index (χ1n) is 6.58. The molecule has 4 atom stereocenters. The summed E-state index contributed by atoms with van der Waals surface area (Å²) in [7, 11) is 1.42. The average molecular weight is 296 g/mol. The summed E-state index contributed by atoms with van der Waals surface area (Å²) < 4.78 is 6.87. The number of fused-ring (bicyclic) bond motifs is 1. The molecular formula is C13H20N4O4. The molecule has 0 aromatic carbocycles. The Morgan fingerprint density at radius 2 is 2.05 bits per heavy atom. The summed E-state index contributed by atoms with van der Waals surface area (Å²) in [6, 6.07) is 1.71. The van der Waals surface area contributed by atoms with Gasteiger partial charge in [0.1, 0.15) is 23.9 Å². The molecule has 2 rings (SSSR count). The van der Waals surface area contributed by atoms with Crippen LogP contribution in [0.5, 0.6) is 0 Å². The van der Waals surface area contributed by atoms with Crippen LogP contribution in [0.15, 0.2) is 18.6 Å². The van der Waals surface area contributed by atoms with E-state index in [-0.39, 0.29) is 6.61 Å². The largest absolute Gasteiger partial charge is 0.396 e. The number of anilines is 1. The van der Waals surface area contributed by atoms with Gasteiger partial charge in [-0.2, -0.15) is 0 Å². The first-order valence-corrected chi connectivity index (χ1v) is 6.58. The van der Waals surface area contributed by atoms with Gasteiger partial charge in [0.05, 0.1) is 11.5 Å². The van der Waals surface area contributed by atoms with Crippen molar-refractivity contribution >= 4 is 16.9 Å². The van der Waals surface area contributed by atoms with E-state index in [1.54, 1.807) is 23.8 Å². The van der Waals surface area contributed by atoms with Crippen molar-refractivity contribution in [1.82, 2.24) is 14.5 Å². The van der Waals surface area contributed by atoms with Crippen LogP contribution in [0.25, 0.3) is 11.0 Å². The van der Waals surface area contributed by atoms with Gasteiger partial charge < -0.3 is 30.4 Å². The topological polar surface area (TPSA) is 127 Å². The third kappa shape index (κ3) is 2.84. The number of rotatable bonds is 6. The Kier molecular flexibility index (Phi) is 4.73. The van der Waals surface area contributed by atoms with Crippen LogP contribution < -0.4 is 5.73 Å². The third-order valence-electron chi connectivity index (χ3n) is 3.57. The minimum absolute atomic E-state index is 0.240. The standard InChI is InChI=1S/C13H20N4O4/c1-7(5-18)9(19)10(20)13(21-2)17-4-3-8-11(14)15-6-16-12(8)17/h3-4,6-7,9-10,13,18-20H,5H2,1-2H3,(H2,14,15,16). The molecule has 0 saturated heterocycles. The maximum absolute atomic E-state index is 10.3. The Hall–Kier alpha value is -1.74. The first-order chi connectivity index (χ1) is 10.0. The van der Waals surface area contributed by atoms with Gasteiger partial charge in [0.2, 0.25) is 0 Å². The summed E-state index contributed by atoms with van der Waals surface area (Å²) in [5, 5.41) is 30.1. The highest BCUT2D eigenvalue weighted by atomic mass is 16.5. The molecule has 0 bridgehead atoms. The molecule has 0 radical (unpaired) electrons. The Labute approximate surface area is 121 Å². The molecule has 116 valence electrons. The predicted molar refractivity (Wildman–Crippen MR) is 76.2 cm³/mol. The number of hydrogen-bond acceptors (Lipinski definition) is 7. The summed E-state index contributed by atoms with van der Waals surface area (Å²) >= 11 is 0. The van der Waals surface area contributed by atoms with Crippen LogP contribution in [0.2, 0.25) is 0 Å². The average Bonchev–Trinajstić information content (AvgIpc) is 2.92. The molecule has 0 aliphatic carbocycles. The van der Waals surface area contributed by atoms with Gasteiger partial charge in [-0.1, -0.05) is 6.92 Å². The number of ether oxygens (including phenoxy) is 1. The lowest BCUT2D eigenvalue weighted by molar-refractivity contribution is -0.125. The van der Waals surface area contributed by atoms with E-state index < -0.39 is 24.4 Å². The van der Waals surface area contributed by atoms with Crippen molar-refractivity contribution in [3.8, 4) is 0 Å². The second kappa shape index (κ2) is 6.35. The molecule has 0 aliphatic heterocycles. The second-order valence-corrected chi connectivity index (χ2v) is 4.99. The maximum atomic E-state index is 10.3. The van der Waals surface area contributed by atoms with Crippen molar-refractivity contribution in [2.24, 2.45) is 5.92 Å². The zero-order chi connectivity index (χ0) is 15.6. The van der Waals surface area contributed by atoms with E-state index in [4.69, 9.17) is 15.6 Å². The highest BCUT2D eigenvalue weighted by Crippen LogP contribution is 2.26. The smallest absolute Gasteiger partial charge is 0.163 e. The zero-order valence-corrected chi connectivity index (χ0v) is 11.9. The number of nitrogen functional groups attached to an aromatic ring is 1. The fourth-order valence-corrected chi connectivity index (χ4v) is 2.23. The lowest BCUT2D eigenvalue weighted by Gasteiger charge is -2.29. The van der Waals surface area contributed by atoms with E-state index in [1.807, 2.05) is 0 Å². The number of nitrogens with two attached hydrogens (primary N) is 1. The van der Waals surface area contributed by atoms with Crippen molar-refractivity contribution in [2.75, 3.05) is 19.5 Å². The van der Waals surface area contributed by atoms with Crippen molar-refractivity contribution in [3.05, 3.63) is 18.6 Å². The minimum Gasteiger partial charge on any atom is -0.396 e. The van der Waals surface area contributed by atoms with E-state index in [1.165, 1.54) is 13.4 Å². The number of hydrogen-bond donors (Lipinski definition) is 4. The number of aliphatic hydroxyl groups excluding tert-OH is 3. The molecule has 0 spiro atoms. The van der Waals surface area contributed by atoms with Crippen molar-refractivity contribution in [3.63, 3.8) is 0 Å². The van der Waals surface area contributed by atoms with Gasteiger partial charge in [-0.15, -0.1) is 0 Å². The Morgan fingerprint density at radius 1 is 1.33 bits per heavy atom. The molecule has 2 heterocycles. The quantitative estimate of drug-likeness (QED) is 0.566. The zero-order valence-electron chi connectivity index (χ0n) is 11.9. The molecular weight excluding hydrogens is 276 g/mol. The number of nitrogens with zero attached hydrogens (tertiary/aromatic N) is 3. The van der Waals surface area contributed by atoms with E-state index in [0.29, 0.717) is 16.9 Å². The van der Waals surface area contributed by atoms with E-state index in [2.05, 4.69) is 9.97 Å². The molecule has 0 amide bonds. The van der Waals surface area contributed by atoms with E-state index >= 15 is 0 Å². The van der Waals surface area contributed by atoms with Crippen molar-refractivity contribution in [2.45, 2.75) is 25.4 Å². The van der Waals surface area contributed by atoms with Crippen LogP contribution in [-0.2, 0) is 4.74 Å². The molecule has 0 fully saturated rings. The first kappa shape index (κ1) is 15.6. The van der Waals surface area contributed by atoms with Gasteiger partial charge in [0, 0.05) is 25.8 Å². The Morgan fingerprint density at radius 3 is 2.67 bits per heavy atom. The second-order valence-electron chi connectivity index (χ2n) is 4.99. The summed E-state index contributed by atoms with van der Waals surface area (Å²) in [4.78, 5) is 8.02. The van der Waals surface area contributed by atoms with Crippen molar-refractivity contribution in [1.29, 1.82) is 0 Å².